The molecule has 0 aliphatic rings. The van der Waals surface area contributed by atoms with Gasteiger partial charge in [-0.05, 0) is 37.0 Å². The first-order chi connectivity index (χ1) is 9.02. The molecular formula is C16H25NO2. The molecule has 0 spiro atoms. The second kappa shape index (κ2) is 7.82. The van der Waals surface area contributed by atoms with Crippen molar-refractivity contribution in [2.75, 3.05) is 6.61 Å². The Hall–Kier alpha value is -1.51. The standard InChI is InChI=1S/C16H25NO2/c1-5-6-13(4)17-16(18)11-19-15-9-7-14(8-10-15)12(2)3/h7-10,12-13H,5-6,11H2,1-4H3,(H,17,18). The van der Waals surface area contributed by atoms with Crippen molar-refractivity contribution >= 4 is 5.91 Å². The zero-order valence-electron chi connectivity index (χ0n) is 12.4. The summed E-state index contributed by atoms with van der Waals surface area (Å²) in [5, 5.41) is 2.92. The lowest BCUT2D eigenvalue weighted by atomic mass is 10.0. The van der Waals surface area contributed by atoms with E-state index in [1.807, 2.05) is 31.2 Å². The highest BCUT2D eigenvalue weighted by Gasteiger charge is 2.07. The minimum absolute atomic E-state index is 0.0612. The van der Waals surface area contributed by atoms with Crippen molar-refractivity contribution < 1.29 is 9.53 Å². The van der Waals surface area contributed by atoms with Gasteiger partial charge in [-0.1, -0.05) is 39.3 Å². The van der Waals surface area contributed by atoms with E-state index < -0.39 is 0 Å². The number of carbonyl (C=O) groups is 1. The van der Waals surface area contributed by atoms with Gasteiger partial charge in [-0.15, -0.1) is 0 Å². The van der Waals surface area contributed by atoms with Gasteiger partial charge in [-0.2, -0.15) is 0 Å². The van der Waals surface area contributed by atoms with E-state index in [0.29, 0.717) is 5.92 Å². The van der Waals surface area contributed by atoms with Crippen molar-refractivity contribution in [3.05, 3.63) is 29.8 Å². The molecule has 0 aliphatic carbocycles. The van der Waals surface area contributed by atoms with Gasteiger partial charge in [0, 0.05) is 6.04 Å². The van der Waals surface area contributed by atoms with E-state index in [0.717, 1.165) is 18.6 Å². The number of hydrogen-bond donors (Lipinski definition) is 1. The maximum absolute atomic E-state index is 11.6. The average Bonchev–Trinajstić information content (AvgIpc) is 2.37. The fraction of sp³-hybridized carbons (Fsp3) is 0.562. The van der Waals surface area contributed by atoms with Gasteiger partial charge in [0.1, 0.15) is 5.75 Å². The largest absolute Gasteiger partial charge is 0.484 e. The molecule has 1 amide bonds. The molecule has 1 N–H and O–H groups in total. The van der Waals surface area contributed by atoms with Crippen LogP contribution in [0.1, 0.15) is 52.0 Å². The van der Waals surface area contributed by atoms with Crippen molar-refractivity contribution in [3.63, 3.8) is 0 Å². The predicted octanol–water partition coefficient (Wildman–Crippen LogP) is 3.49. The molecule has 106 valence electrons. The number of nitrogens with one attached hydrogen (secondary N) is 1. The van der Waals surface area contributed by atoms with Crippen LogP contribution in [-0.4, -0.2) is 18.6 Å². The number of hydrogen-bond acceptors (Lipinski definition) is 2. The normalized spacial score (nSPS) is 12.3. The molecule has 0 heterocycles. The first-order valence-corrected chi connectivity index (χ1v) is 7.05. The van der Waals surface area contributed by atoms with Gasteiger partial charge in [0.2, 0.25) is 0 Å². The zero-order valence-corrected chi connectivity index (χ0v) is 12.4. The minimum Gasteiger partial charge on any atom is -0.484 e. The van der Waals surface area contributed by atoms with Crippen LogP contribution in [0, 0.1) is 0 Å². The number of rotatable bonds is 7. The third-order valence-corrected chi connectivity index (χ3v) is 3.05. The van der Waals surface area contributed by atoms with Gasteiger partial charge in [0.15, 0.2) is 6.61 Å². The molecule has 0 saturated carbocycles. The van der Waals surface area contributed by atoms with E-state index in [2.05, 4.69) is 26.1 Å². The topological polar surface area (TPSA) is 38.3 Å². The second-order valence-corrected chi connectivity index (χ2v) is 5.27. The first kappa shape index (κ1) is 15.5. The Morgan fingerprint density at radius 2 is 1.84 bits per heavy atom. The average molecular weight is 263 g/mol. The van der Waals surface area contributed by atoms with Crippen LogP contribution in [-0.2, 0) is 4.79 Å². The lowest BCUT2D eigenvalue weighted by Crippen LogP contribution is -2.35. The molecule has 1 unspecified atom stereocenters. The summed E-state index contributed by atoms with van der Waals surface area (Å²) in [4.78, 5) is 11.6. The monoisotopic (exact) mass is 263 g/mol. The van der Waals surface area contributed by atoms with Gasteiger partial charge < -0.3 is 10.1 Å². The summed E-state index contributed by atoms with van der Waals surface area (Å²) in [5.74, 6) is 1.18. The molecule has 0 saturated heterocycles. The Kier molecular flexibility index (Phi) is 6.40. The van der Waals surface area contributed by atoms with E-state index in [1.54, 1.807) is 0 Å². The number of benzene rings is 1. The first-order valence-electron chi connectivity index (χ1n) is 7.05. The van der Waals surface area contributed by atoms with Crippen molar-refractivity contribution in [2.45, 2.75) is 52.5 Å². The highest BCUT2D eigenvalue weighted by atomic mass is 16.5. The van der Waals surface area contributed by atoms with Crippen LogP contribution in [0.2, 0.25) is 0 Å². The Morgan fingerprint density at radius 1 is 1.21 bits per heavy atom. The zero-order chi connectivity index (χ0) is 14.3. The Bertz CT molecular complexity index is 384. The summed E-state index contributed by atoms with van der Waals surface area (Å²) in [6.07, 6.45) is 2.06. The molecule has 1 aromatic carbocycles. The highest BCUT2D eigenvalue weighted by molar-refractivity contribution is 5.77. The van der Waals surface area contributed by atoms with Gasteiger partial charge >= 0.3 is 0 Å². The molecular weight excluding hydrogens is 238 g/mol. The molecule has 3 nitrogen and oxygen atoms in total. The molecule has 0 aromatic heterocycles. The third-order valence-electron chi connectivity index (χ3n) is 3.05. The quantitative estimate of drug-likeness (QED) is 0.817. The maximum atomic E-state index is 11.6. The lowest BCUT2D eigenvalue weighted by molar-refractivity contribution is -0.123. The van der Waals surface area contributed by atoms with Gasteiger partial charge in [0.05, 0.1) is 0 Å². The number of carbonyl (C=O) groups excluding carboxylic acids is 1. The summed E-state index contributed by atoms with van der Waals surface area (Å²) in [7, 11) is 0. The summed E-state index contributed by atoms with van der Waals surface area (Å²) in [6.45, 7) is 8.50. The Labute approximate surface area is 116 Å². The van der Waals surface area contributed by atoms with Gasteiger partial charge in [-0.3, -0.25) is 4.79 Å². The summed E-state index contributed by atoms with van der Waals surface area (Å²) in [6, 6.07) is 8.12. The van der Waals surface area contributed by atoms with Crippen LogP contribution < -0.4 is 10.1 Å². The minimum atomic E-state index is -0.0612. The lowest BCUT2D eigenvalue weighted by Gasteiger charge is -2.13. The van der Waals surface area contributed by atoms with Crippen molar-refractivity contribution in [1.82, 2.24) is 5.32 Å². The molecule has 19 heavy (non-hydrogen) atoms. The van der Waals surface area contributed by atoms with Crippen LogP contribution in [0.15, 0.2) is 24.3 Å². The summed E-state index contributed by atoms with van der Waals surface area (Å²) in [5.41, 5.74) is 1.27. The fourth-order valence-electron chi connectivity index (χ4n) is 1.92. The van der Waals surface area contributed by atoms with Crippen LogP contribution in [0.3, 0.4) is 0 Å². The van der Waals surface area contributed by atoms with E-state index in [4.69, 9.17) is 4.74 Å². The maximum Gasteiger partial charge on any atom is 0.258 e. The number of amides is 1. The van der Waals surface area contributed by atoms with Crippen molar-refractivity contribution in [3.8, 4) is 5.75 Å². The predicted molar refractivity (Wildman–Crippen MR) is 78.5 cm³/mol. The van der Waals surface area contributed by atoms with E-state index in [-0.39, 0.29) is 18.6 Å². The highest BCUT2D eigenvalue weighted by Crippen LogP contribution is 2.18. The van der Waals surface area contributed by atoms with Gasteiger partial charge in [-0.25, -0.2) is 0 Å². The van der Waals surface area contributed by atoms with Crippen molar-refractivity contribution in [2.24, 2.45) is 0 Å². The Morgan fingerprint density at radius 3 is 2.37 bits per heavy atom. The second-order valence-electron chi connectivity index (χ2n) is 5.27. The van der Waals surface area contributed by atoms with Crippen LogP contribution >= 0.6 is 0 Å². The third kappa shape index (κ3) is 5.77. The molecule has 0 bridgehead atoms. The van der Waals surface area contributed by atoms with E-state index in [9.17, 15) is 4.79 Å². The SMILES string of the molecule is CCCC(C)NC(=O)COc1ccc(C(C)C)cc1. The van der Waals surface area contributed by atoms with Crippen molar-refractivity contribution in [1.29, 1.82) is 0 Å². The summed E-state index contributed by atoms with van der Waals surface area (Å²) >= 11 is 0. The summed E-state index contributed by atoms with van der Waals surface area (Å²) < 4.78 is 5.47. The molecule has 1 aromatic rings. The van der Waals surface area contributed by atoms with Gasteiger partial charge in [0.25, 0.3) is 5.91 Å². The fourth-order valence-corrected chi connectivity index (χ4v) is 1.92. The molecule has 1 atom stereocenters. The number of ether oxygens (including phenoxy) is 1. The molecule has 1 rings (SSSR count). The molecule has 0 aliphatic heterocycles. The van der Waals surface area contributed by atoms with E-state index in [1.165, 1.54) is 5.56 Å². The smallest absolute Gasteiger partial charge is 0.258 e. The van der Waals surface area contributed by atoms with Crippen LogP contribution in [0.5, 0.6) is 5.75 Å². The molecule has 0 fully saturated rings. The molecule has 0 radical (unpaired) electrons. The van der Waals surface area contributed by atoms with Crippen LogP contribution in [0.4, 0.5) is 0 Å². The van der Waals surface area contributed by atoms with E-state index >= 15 is 0 Å². The Balaban J connectivity index is 2.37. The molecule has 3 heteroatoms. The van der Waals surface area contributed by atoms with Crippen LogP contribution in [0.25, 0.3) is 0 Å².